The number of carboxylic acids is 1. The molecular formula is C14H15FN2O5S. The zero-order valence-electron chi connectivity index (χ0n) is 12.3. The summed E-state index contributed by atoms with van der Waals surface area (Å²) in [4.78, 5) is 12.8. The van der Waals surface area contributed by atoms with Crippen molar-refractivity contribution in [3.8, 4) is 5.75 Å². The predicted molar refractivity (Wildman–Crippen MR) is 80.7 cm³/mol. The first kappa shape index (κ1) is 16.8. The van der Waals surface area contributed by atoms with E-state index in [-0.39, 0.29) is 28.1 Å². The number of benzene rings is 1. The topological polar surface area (TPSA) is 108 Å². The molecule has 23 heavy (non-hydrogen) atoms. The lowest BCUT2D eigenvalue weighted by molar-refractivity contribution is 0.0691. The fourth-order valence-corrected chi connectivity index (χ4v) is 2.84. The van der Waals surface area contributed by atoms with E-state index in [0.29, 0.717) is 0 Å². The van der Waals surface area contributed by atoms with Crippen LogP contribution >= 0.6 is 0 Å². The SMILES string of the molecule is CC(C)Oc1ccc(NS(=O)(=O)c2c[nH]c(C(=O)O)c2)c(F)c1. The number of ether oxygens (including phenoxy) is 1. The largest absolute Gasteiger partial charge is 0.491 e. The van der Waals surface area contributed by atoms with Gasteiger partial charge in [-0.2, -0.15) is 0 Å². The summed E-state index contributed by atoms with van der Waals surface area (Å²) in [5, 5.41) is 8.78. The van der Waals surface area contributed by atoms with Crippen molar-refractivity contribution < 1.29 is 27.4 Å². The maximum Gasteiger partial charge on any atom is 0.352 e. The molecule has 7 nitrogen and oxygen atoms in total. The molecule has 0 unspecified atom stereocenters. The van der Waals surface area contributed by atoms with E-state index in [2.05, 4.69) is 9.71 Å². The van der Waals surface area contributed by atoms with Gasteiger partial charge in [0, 0.05) is 12.3 Å². The van der Waals surface area contributed by atoms with Gasteiger partial charge in [-0.05, 0) is 32.0 Å². The summed E-state index contributed by atoms with van der Waals surface area (Å²) < 4.78 is 45.6. The highest BCUT2D eigenvalue weighted by atomic mass is 32.2. The average Bonchev–Trinajstić information content (AvgIpc) is 2.92. The first-order valence-electron chi connectivity index (χ1n) is 6.60. The fraction of sp³-hybridized carbons (Fsp3) is 0.214. The van der Waals surface area contributed by atoms with Gasteiger partial charge in [-0.1, -0.05) is 0 Å². The van der Waals surface area contributed by atoms with Crippen LogP contribution in [0.3, 0.4) is 0 Å². The Balaban J connectivity index is 2.24. The van der Waals surface area contributed by atoms with Gasteiger partial charge < -0.3 is 14.8 Å². The third-order valence-electron chi connectivity index (χ3n) is 2.75. The average molecular weight is 342 g/mol. The number of H-pyrrole nitrogens is 1. The number of aromatic carboxylic acids is 1. The fourth-order valence-electron chi connectivity index (χ4n) is 1.78. The number of rotatable bonds is 6. The number of halogens is 1. The lowest BCUT2D eigenvalue weighted by Crippen LogP contribution is -2.13. The number of carboxylic acid groups (broad SMARTS) is 1. The van der Waals surface area contributed by atoms with Crippen molar-refractivity contribution in [2.24, 2.45) is 0 Å². The molecule has 1 heterocycles. The van der Waals surface area contributed by atoms with Crippen molar-refractivity contribution in [1.82, 2.24) is 4.98 Å². The van der Waals surface area contributed by atoms with E-state index in [4.69, 9.17) is 9.84 Å². The van der Waals surface area contributed by atoms with Crippen LogP contribution in [0.5, 0.6) is 5.75 Å². The molecule has 0 amide bonds. The monoisotopic (exact) mass is 342 g/mol. The van der Waals surface area contributed by atoms with Gasteiger partial charge >= 0.3 is 5.97 Å². The summed E-state index contributed by atoms with van der Waals surface area (Å²) in [5.74, 6) is -1.83. The molecule has 1 aromatic carbocycles. The second-order valence-corrected chi connectivity index (χ2v) is 6.65. The van der Waals surface area contributed by atoms with Gasteiger partial charge in [0.2, 0.25) is 0 Å². The van der Waals surface area contributed by atoms with E-state index in [1.54, 1.807) is 13.8 Å². The summed E-state index contributed by atoms with van der Waals surface area (Å²) in [5.41, 5.74) is -0.550. The number of carbonyl (C=O) groups is 1. The minimum absolute atomic E-state index is 0.147. The molecule has 0 atom stereocenters. The van der Waals surface area contributed by atoms with Gasteiger partial charge in [-0.15, -0.1) is 0 Å². The standard InChI is InChI=1S/C14H15FN2O5S/c1-8(2)22-9-3-4-12(11(15)5-9)17-23(20,21)10-6-13(14(18)19)16-7-10/h3-8,16-17H,1-2H3,(H,18,19). The van der Waals surface area contributed by atoms with Crippen LogP contribution in [-0.4, -0.2) is 30.6 Å². The molecule has 0 radical (unpaired) electrons. The molecule has 0 saturated heterocycles. The van der Waals surface area contributed by atoms with Crippen molar-refractivity contribution in [3.63, 3.8) is 0 Å². The Hall–Kier alpha value is -2.55. The summed E-state index contributed by atoms with van der Waals surface area (Å²) in [6, 6.07) is 4.67. The molecule has 2 rings (SSSR count). The van der Waals surface area contributed by atoms with E-state index in [9.17, 15) is 17.6 Å². The van der Waals surface area contributed by atoms with E-state index < -0.39 is 21.8 Å². The lowest BCUT2D eigenvalue weighted by atomic mass is 10.3. The van der Waals surface area contributed by atoms with Gasteiger partial charge in [0.1, 0.15) is 16.3 Å². The van der Waals surface area contributed by atoms with Crippen LogP contribution in [0, 0.1) is 5.82 Å². The van der Waals surface area contributed by atoms with E-state index in [0.717, 1.165) is 18.3 Å². The van der Waals surface area contributed by atoms with Crippen molar-refractivity contribution in [2.45, 2.75) is 24.8 Å². The molecule has 0 aliphatic carbocycles. The molecule has 3 N–H and O–H groups in total. The Kier molecular flexibility index (Phi) is 4.60. The van der Waals surface area contributed by atoms with Crippen LogP contribution in [0.15, 0.2) is 35.4 Å². The van der Waals surface area contributed by atoms with E-state index in [1.807, 2.05) is 0 Å². The van der Waals surface area contributed by atoms with Gasteiger partial charge in [0.05, 0.1) is 11.8 Å². The first-order valence-corrected chi connectivity index (χ1v) is 8.08. The highest BCUT2D eigenvalue weighted by Crippen LogP contribution is 2.24. The lowest BCUT2D eigenvalue weighted by Gasteiger charge is -2.12. The quantitative estimate of drug-likeness (QED) is 0.747. The second kappa shape index (κ2) is 6.29. The minimum Gasteiger partial charge on any atom is -0.491 e. The highest BCUT2D eigenvalue weighted by molar-refractivity contribution is 7.92. The van der Waals surface area contributed by atoms with Crippen LogP contribution in [0.2, 0.25) is 0 Å². The Morgan fingerprint density at radius 1 is 1.35 bits per heavy atom. The molecular weight excluding hydrogens is 327 g/mol. The van der Waals surface area contributed by atoms with Crippen LogP contribution in [0.1, 0.15) is 24.3 Å². The van der Waals surface area contributed by atoms with Crippen LogP contribution < -0.4 is 9.46 Å². The highest BCUT2D eigenvalue weighted by Gasteiger charge is 2.20. The third-order valence-corrected chi connectivity index (χ3v) is 4.10. The molecule has 2 aromatic rings. The molecule has 9 heteroatoms. The molecule has 0 spiro atoms. The molecule has 124 valence electrons. The molecule has 1 aromatic heterocycles. The number of hydrogen-bond donors (Lipinski definition) is 3. The second-order valence-electron chi connectivity index (χ2n) is 4.97. The summed E-state index contributed by atoms with van der Waals surface area (Å²) in [6.45, 7) is 3.56. The number of aromatic amines is 1. The normalized spacial score (nSPS) is 11.5. The maximum absolute atomic E-state index is 14.0. The summed E-state index contributed by atoms with van der Waals surface area (Å²) in [7, 11) is -4.11. The first-order chi connectivity index (χ1) is 10.7. The molecule has 0 bridgehead atoms. The summed E-state index contributed by atoms with van der Waals surface area (Å²) in [6.07, 6.45) is 0.867. The number of anilines is 1. The van der Waals surface area contributed by atoms with Crippen LogP contribution in [0.25, 0.3) is 0 Å². The van der Waals surface area contributed by atoms with Crippen molar-refractivity contribution in [3.05, 3.63) is 42.0 Å². The van der Waals surface area contributed by atoms with Crippen LogP contribution in [0.4, 0.5) is 10.1 Å². The molecule has 0 saturated carbocycles. The van der Waals surface area contributed by atoms with E-state index >= 15 is 0 Å². The number of nitrogens with one attached hydrogen (secondary N) is 2. The van der Waals surface area contributed by atoms with Gasteiger partial charge in [0.25, 0.3) is 10.0 Å². The number of sulfonamides is 1. The van der Waals surface area contributed by atoms with Gasteiger partial charge in [0.15, 0.2) is 5.82 Å². The van der Waals surface area contributed by atoms with Gasteiger partial charge in [-0.3, -0.25) is 4.72 Å². The molecule has 0 aliphatic heterocycles. The number of hydrogen-bond acceptors (Lipinski definition) is 4. The predicted octanol–water partition coefficient (Wildman–Crippen LogP) is 2.44. The van der Waals surface area contributed by atoms with Crippen molar-refractivity contribution in [1.29, 1.82) is 0 Å². The van der Waals surface area contributed by atoms with Crippen molar-refractivity contribution >= 4 is 21.7 Å². The zero-order valence-corrected chi connectivity index (χ0v) is 13.1. The maximum atomic E-state index is 14.0. The third kappa shape index (κ3) is 4.01. The van der Waals surface area contributed by atoms with E-state index in [1.165, 1.54) is 12.1 Å². The summed E-state index contributed by atoms with van der Waals surface area (Å²) >= 11 is 0. The smallest absolute Gasteiger partial charge is 0.352 e. The Bertz CT molecular complexity index is 829. The van der Waals surface area contributed by atoms with Crippen LogP contribution in [-0.2, 0) is 10.0 Å². The van der Waals surface area contributed by atoms with Crippen molar-refractivity contribution in [2.75, 3.05) is 4.72 Å². The number of aromatic nitrogens is 1. The zero-order chi connectivity index (χ0) is 17.2. The molecule has 0 fully saturated rings. The minimum atomic E-state index is -4.11. The van der Waals surface area contributed by atoms with Gasteiger partial charge in [-0.25, -0.2) is 17.6 Å². The molecule has 0 aliphatic rings. The Morgan fingerprint density at radius 3 is 2.57 bits per heavy atom. The Morgan fingerprint density at radius 2 is 2.04 bits per heavy atom. The Labute approximate surface area is 132 Å².